The van der Waals surface area contributed by atoms with Gasteiger partial charge < -0.3 is 21.1 Å². The summed E-state index contributed by atoms with van der Waals surface area (Å²) in [7, 11) is 0. The van der Waals surface area contributed by atoms with Crippen molar-refractivity contribution in [1.82, 2.24) is 16.0 Å². The molecule has 1 unspecified atom stereocenters. The van der Waals surface area contributed by atoms with Crippen molar-refractivity contribution in [3.05, 3.63) is 34.9 Å². The molecule has 0 bridgehead atoms. The first kappa shape index (κ1) is 21.0. The topological polar surface area (TPSA) is 108 Å². The Morgan fingerprint density at radius 3 is 2.41 bits per heavy atom. The number of urea groups is 1. The molecule has 0 heterocycles. The zero-order valence-electron chi connectivity index (χ0n) is 15.2. The van der Waals surface area contributed by atoms with Crippen LogP contribution < -0.4 is 16.0 Å². The highest BCUT2D eigenvalue weighted by Crippen LogP contribution is 2.18. The number of rotatable bonds is 8. The van der Waals surface area contributed by atoms with Crippen LogP contribution in [0.2, 0.25) is 5.02 Å². The van der Waals surface area contributed by atoms with E-state index >= 15 is 0 Å². The third-order valence-electron chi connectivity index (χ3n) is 4.56. The van der Waals surface area contributed by atoms with E-state index in [1.807, 2.05) is 0 Å². The first-order valence-corrected chi connectivity index (χ1v) is 9.65. The van der Waals surface area contributed by atoms with Gasteiger partial charge in [-0.25, -0.2) is 9.59 Å². The Hall–Kier alpha value is -2.28. The van der Waals surface area contributed by atoms with Gasteiger partial charge in [0.2, 0.25) is 5.91 Å². The summed E-state index contributed by atoms with van der Waals surface area (Å²) in [5.74, 6) is -1.53. The molecule has 1 aliphatic rings. The number of aliphatic carboxylic acids is 1. The number of carboxylic acid groups (broad SMARTS) is 1. The van der Waals surface area contributed by atoms with E-state index < -0.39 is 12.0 Å². The zero-order valence-corrected chi connectivity index (χ0v) is 15.9. The number of nitrogens with one attached hydrogen (secondary N) is 3. The summed E-state index contributed by atoms with van der Waals surface area (Å²) in [6.07, 6.45) is 6.08. The van der Waals surface area contributed by atoms with Crippen molar-refractivity contribution < 1.29 is 19.5 Å². The lowest BCUT2D eigenvalue weighted by Gasteiger charge is -2.22. The lowest BCUT2D eigenvalue weighted by atomic mass is 9.96. The maximum atomic E-state index is 12.0. The summed E-state index contributed by atoms with van der Waals surface area (Å²) in [4.78, 5) is 35.3. The lowest BCUT2D eigenvalue weighted by molar-refractivity contribution is -0.142. The van der Waals surface area contributed by atoms with Crippen LogP contribution in [0.4, 0.5) is 4.79 Å². The summed E-state index contributed by atoms with van der Waals surface area (Å²) in [6.45, 7) is 0.352. The molecular weight excluding hydrogens is 370 g/mol. The molecule has 4 N–H and O–H groups in total. The van der Waals surface area contributed by atoms with Gasteiger partial charge in [-0.2, -0.15) is 0 Å². The van der Waals surface area contributed by atoms with E-state index in [2.05, 4.69) is 16.0 Å². The summed E-state index contributed by atoms with van der Waals surface area (Å²) in [5, 5.41) is 18.0. The Kier molecular flexibility index (Phi) is 8.39. The SMILES string of the molecule is O=C(CCCNC(=O)NC1CCCCC1)NC(C(=O)O)c1ccc(Cl)cc1. The van der Waals surface area contributed by atoms with Crippen LogP contribution >= 0.6 is 11.6 Å². The number of carboxylic acids is 1. The summed E-state index contributed by atoms with van der Waals surface area (Å²) < 4.78 is 0. The summed E-state index contributed by atoms with van der Waals surface area (Å²) in [6, 6.07) is 5.18. The second kappa shape index (κ2) is 10.8. The second-order valence-corrected chi connectivity index (χ2v) is 7.17. The van der Waals surface area contributed by atoms with Gasteiger partial charge in [0.25, 0.3) is 0 Å². The van der Waals surface area contributed by atoms with Crippen molar-refractivity contribution in [3.63, 3.8) is 0 Å². The lowest BCUT2D eigenvalue weighted by Crippen LogP contribution is -2.43. The van der Waals surface area contributed by atoms with Gasteiger partial charge in [-0.3, -0.25) is 4.79 Å². The number of hydrogen-bond donors (Lipinski definition) is 4. The van der Waals surface area contributed by atoms with Crippen molar-refractivity contribution >= 4 is 29.5 Å². The smallest absolute Gasteiger partial charge is 0.330 e. The number of benzene rings is 1. The van der Waals surface area contributed by atoms with E-state index in [0.717, 1.165) is 25.7 Å². The fourth-order valence-electron chi connectivity index (χ4n) is 3.11. The number of halogens is 1. The first-order valence-electron chi connectivity index (χ1n) is 9.27. The molecule has 1 aliphatic carbocycles. The van der Waals surface area contributed by atoms with Crippen LogP contribution in [-0.4, -0.2) is 35.6 Å². The molecule has 3 amide bonds. The molecule has 1 atom stereocenters. The van der Waals surface area contributed by atoms with Crippen molar-refractivity contribution in [2.24, 2.45) is 0 Å². The van der Waals surface area contributed by atoms with Crippen molar-refractivity contribution in [1.29, 1.82) is 0 Å². The van der Waals surface area contributed by atoms with Gasteiger partial charge in [-0.15, -0.1) is 0 Å². The molecule has 0 saturated heterocycles. The highest BCUT2D eigenvalue weighted by atomic mass is 35.5. The molecule has 27 heavy (non-hydrogen) atoms. The average Bonchev–Trinajstić information content (AvgIpc) is 2.65. The molecule has 148 valence electrons. The normalized spacial score (nSPS) is 15.6. The predicted molar refractivity (Wildman–Crippen MR) is 103 cm³/mol. The Balaban J connectivity index is 1.68. The Bertz CT molecular complexity index is 645. The van der Waals surface area contributed by atoms with E-state index in [1.54, 1.807) is 24.3 Å². The predicted octanol–water partition coefficient (Wildman–Crippen LogP) is 2.99. The largest absolute Gasteiger partial charge is 0.479 e. The Labute approximate surface area is 163 Å². The summed E-state index contributed by atoms with van der Waals surface area (Å²) >= 11 is 5.80. The highest BCUT2D eigenvalue weighted by molar-refractivity contribution is 6.30. The van der Waals surface area contributed by atoms with Crippen molar-refractivity contribution in [3.8, 4) is 0 Å². The third kappa shape index (κ3) is 7.46. The Morgan fingerprint density at radius 1 is 1.11 bits per heavy atom. The van der Waals surface area contributed by atoms with Crippen molar-refractivity contribution in [2.75, 3.05) is 6.54 Å². The molecular formula is C19H26ClN3O4. The van der Waals surface area contributed by atoms with Gasteiger partial charge >= 0.3 is 12.0 Å². The average molecular weight is 396 g/mol. The standard InChI is InChI=1S/C19H26ClN3O4/c20-14-10-8-13(9-11-14)17(18(25)26)23-16(24)7-4-12-21-19(27)22-15-5-2-1-3-6-15/h8-11,15,17H,1-7,12H2,(H,23,24)(H,25,26)(H2,21,22,27). The minimum Gasteiger partial charge on any atom is -0.479 e. The van der Waals surface area contributed by atoms with Crippen molar-refractivity contribution in [2.45, 2.75) is 57.0 Å². The maximum absolute atomic E-state index is 12.0. The van der Waals surface area contributed by atoms with Gasteiger partial charge in [0.1, 0.15) is 0 Å². The number of amides is 3. The monoisotopic (exact) mass is 395 g/mol. The second-order valence-electron chi connectivity index (χ2n) is 6.73. The van der Waals surface area contributed by atoms with Gasteiger partial charge in [0.05, 0.1) is 0 Å². The van der Waals surface area contributed by atoms with Crippen LogP contribution in [0, 0.1) is 0 Å². The molecule has 2 rings (SSSR count). The molecule has 1 aromatic rings. The van der Waals surface area contributed by atoms with Gasteiger partial charge in [0.15, 0.2) is 6.04 Å². The molecule has 7 nitrogen and oxygen atoms in total. The number of carbonyl (C=O) groups excluding carboxylic acids is 2. The minimum atomic E-state index is -1.14. The van der Waals surface area contributed by atoms with Gasteiger partial charge in [-0.05, 0) is 37.0 Å². The van der Waals surface area contributed by atoms with Crippen LogP contribution in [0.15, 0.2) is 24.3 Å². The van der Waals surface area contributed by atoms with Crippen LogP contribution in [0.1, 0.15) is 56.6 Å². The molecule has 1 aromatic carbocycles. The quantitative estimate of drug-likeness (QED) is 0.507. The van der Waals surface area contributed by atoms with Gasteiger partial charge in [0, 0.05) is 24.0 Å². The zero-order chi connectivity index (χ0) is 19.6. The fourth-order valence-corrected chi connectivity index (χ4v) is 3.24. The van der Waals surface area contributed by atoms with E-state index in [0.29, 0.717) is 23.6 Å². The van der Waals surface area contributed by atoms with Gasteiger partial charge in [-0.1, -0.05) is 43.0 Å². The van der Waals surface area contributed by atoms with Crippen LogP contribution in [-0.2, 0) is 9.59 Å². The van der Waals surface area contributed by atoms with Crippen LogP contribution in [0.5, 0.6) is 0 Å². The molecule has 0 radical (unpaired) electrons. The Morgan fingerprint density at radius 2 is 1.78 bits per heavy atom. The molecule has 0 spiro atoms. The van der Waals surface area contributed by atoms with E-state index in [-0.39, 0.29) is 24.4 Å². The first-order chi connectivity index (χ1) is 13.0. The van der Waals surface area contributed by atoms with Crippen LogP contribution in [0.25, 0.3) is 0 Å². The molecule has 8 heteroatoms. The van der Waals surface area contributed by atoms with E-state index in [9.17, 15) is 19.5 Å². The minimum absolute atomic E-state index is 0.126. The fraction of sp³-hybridized carbons (Fsp3) is 0.526. The highest BCUT2D eigenvalue weighted by Gasteiger charge is 2.22. The number of carbonyl (C=O) groups is 3. The number of hydrogen-bond acceptors (Lipinski definition) is 3. The molecule has 0 aliphatic heterocycles. The molecule has 1 saturated carbocycles. The molecule has 1 fully saturated rings. The molecule has 0 aromatic heterocycles. The van der Waals surface area contributed by atoms with Crippen LogP contribution in [0.3, 0.4) is 0 Å². The summed E-state index contributed by atoms with van der Waals surface area (Å²) in [5.41, 5.74) is 0.449. The van der Waals surface area contributed by atoms with E-state index in [1.165, 1.54) is 6.42 Å². The van der Waals surface area contributed by atoms with E-state index in [4.69, 9.17) is 11.6 Å². The third-order valence-corrected chi connectivity index (χ3v) is 4.81. The maximum Gasteiger partial charge on any atom is 0.330 e.